The second-order valence-corrected chi connectivity index (χ2v) is 13.1. The van der Waals surface area contributed by atoms with Gasteiger partial charge in [0.1, 0.15) is 22.8 Å². The first-order valence-electron chi connectivity index (χ1n) is 12.1. The van der Waals surface area contributed by atoms with Crippen LogP contribution in [0.3, 0.4) is 0 Å². The molecule has 4 aromatic carbocycles. The molecule has 0 saturated heterocycles. The molecule has 0 unspecified atom stereocenters. The van der Waals surface area contributed by atoms with Crippen LogP contribution in [0.4, 0.5) is 0 Å². The molecule has 0 amide bonds. The third-order valence-electron chi connectivity index (χ3n) is 5.94. The third-order valence-corrected chi connectivity index (χ3v) is 7.73. The highest BCUT2D eigenvalue weighted by Crippen LogP contribution is 2.36. The van der Waals surface area contributed by atoms with E-state index < -0.39 is 9.84 Å². The molecular formula is C31H34O4S. The topological polar surface area (TPSA) is 52.6 Å². The fraction of sp³-hybridized carbons (Fsp3) is 0.290. The molecule has 0 atom stereocenters. The fourth-order valence-electron chi connectivity index (χ4n) is 4.00. The van der Waals surface area contributed by atoms with Gasteiger partial charge in [-0.15, -0.1) is 0 Å². The second kappa shape index (κ2) is 9.29. The molecule has 0 saturated carbocycles. The molecule has 0 N–H and O–H groups in total. The quantitative estimate of drug-likeness (QED) is 0.276. The van der Waals surface area contributed by atoms with E-state index in [1.54, 1.807) is 36.4 Å². The molecule has 0 radical (unpaired) electrons. The molecule has 0 bridgehead atoms. The van der Waals surface area contributed by atoms with E-state index >= 15 is 0 Å². The van der Waals surface area contributed by atoms with Gasteiger partial charge in [0.25, 0.3) is 0 Å². The summed E-state index contributed by atoms with van der Waals surface area (Å²) in [4.78, 5) is 0.507. The molecule has 0 fully saturated rings. The van der Waals surface area contributed by atoms with Crippen LogP contribution in [0.2, 0.25) is 0 Å². The van der Waals surface area contributed by atoms with Crippen molar-refractivity contribution in [1.82, 2.24) is 0 Å². The molecule has 4 rings (SSSR count). The number of ether oxygens (including phenoxy) is 2. The Kier molecular flexibility index (Phi) is 6.65. The van der Waals surface area contributed by atoms with Gasteiger partial charge in [-0.2, -0.15) is 0 Å². The average Bonchev–Trinajstić information content (AvgIpc) is 2.79. The Labute approximate surface area is 214 Å². The summed E-state index contributed by atoms with van der Waals surface area (Å²) >= 11 is 0. The monoisotopic (exact) mass is 502 g/mol. The van der Waals surface area contributed by atoms with E-state index in [1.807, 2.05) is 64.1 Å². The maximum atomic E-state index is 13.2. The molecule has 36 heavy (non-hydrogen) atoms. The summed E-state index contributed by atoms with van der Waals surface area (Å²) in [6, 6.07) is 23.6. The number of hydrogen-bond acceptors (Lipinski definition) is 4. The van der Waals surface area contributed by atoms with Crippen molar-refractivity contribution in [3.05, 3.63) is 90.0 Å². The molecule has 188 valence electrons. The predicted molar refractivity (Wildman–Crippen MR) is 146 cm³/mol. The number of fused-ring (bicyclic) bond motifs is 1. The van der Waals surface area contributed by atoms with Crippen LogP contribution in [0.5, 0.6) is 17.2 Å². The van der Waals surface area contributed by atoms with Crippen LogP contribution in [-0.4, -0.2) is 14.0 Å². The Bertz CT molecular complexity index is 1490. The van der Waals surface area contributed by atoms with Crippen molar-refractivity contribution in [1.29, 1.82) is 0 Å². The van der Waals surface area contributed by atoms with Crippen molar-refractivity contribution in [2.24, 2.45) is 0 Å². The standard InChI is InChI=1S/C31H34O4S/c1-21-19-22-9-8-10-28(27(22)20-29(21)35-31(5,6)7)34-24-13-17-26(18-14-24)36(32,33)25-15-11-23(12-16-25)30(2,3)4/h8-20H,1-7H3. The minimum atomic E-state index is -3.63. The van der Waals surface area contributed by atoms with Crippen LogP contribution < -0.4 is 9.47 Å². The molecule has 0 heterocycles. The van der Waals surface area contributed by atoms with Crippen molar-refractivity contribution >= 4 is 20.6 Å². The van der Waals surface area contributed by atoms with Gasteiger partial charge >= 0.3 is 0 Å². The lowest BCUT2D eigenvalue weighted by Gasteiger charge is -2.23. The first kappa shape index (κ1) is 25.8. The van der Waals surface area contributed by atoms with Crippen LogP contribution in [0, 0.1) is 6.92 Å². The summed E-state index contributed by atoms with van der Waals surface area (Å²) in [6.45, 7) is 14.4. The normalized spacial score (nSPS) is 12.5. The Morgan fingerprint density at radius 3 is 1.83 bits per heavy atom. The van der Waals surface area contributed by atoms with E-state index in [0.717, 1.165) is 27.6 Å². The van der Waals surface area contributed by atoms with Crippen molar-refractivity contribution in [3.8, 4) is 17.2 Å². The fourth-order valence-corrected chi connectivity index (χ4v) is 5.26. The van der Waals surface area contributed by atoms with Gasteiger partial charge in [-0.3, -0.25) is 0 Å². The third kappa shape index (κ3) is 5.57. The number of benzene rings is 4. The molecule has 4 aromatic rings. The van der Waals surface area contributed by atoms with E-state index in [0.29, 0.717) is 11.5 Å². The summed E-state index contributed by atoms with van der Waals surface area (Å²) in [5, 5.41) is 1.97. The van der Waals surface area contributed by atoms with E-state index in [2.05, 4.69) is 26.8 Å². The Morgan fingerprint density at radius 1 is 0.694 bits per heavy atom. The van der Waals surface area contributed by atoms with Gasteiger partial charge in [0.05, 0.1) is 9.79 Å². The van der Waals surface area contributed by atoms with E-state index in [1.165, 1.54) is 0 Å². The summed E-state index contributed by atoms with van der Waals surface area (Å²) in [5.41, 5.74) is 1.79. The zero-order chi connectivity index (χ0) is 26.3. The molecule has 0 spiro atoms. The van der Waals surface area contributed by atoms with Crippen LogP contribution in [0.15, 0.2) is 88.7 Å². The van der Waals surface area contributed by atoms with Crippen LogP contribution in [-0.2, 0) is 15.3 Å². The summed E-state index contributed by atoms with van der Waals surface area (Å²) < 4.78 is 38.7. The predicted octanol–water partition coefficient (Wildman–Crippen LogP) is 8.25. The van der Waals surface area contributed by atoms with Gasteiger partial charge in [0, 0.05) is 5.39 Å². The first-order chi connectivity index (χ1) is 16.7. The van der Waals surface area contributed by atoms with Gasteiger partial charge in [-0.1, -0.05) is 45.0 Å². The minimum Gasteiger partial charge on any atom is -0.488 e. The van der Waals surface area contributed by atoms with Crippen LogP contribution >= 0.6 is 0 Å². The van der Waals surface area contributed by atoms with E-state index in [4.69, 9.17) is 9.47 Å². The van der Waals surface area contributed by atoms with Crippen molar-refractivity contribution in [3.63, 3.8) is 0 Å². The summed E-state index contributed by atoms with van der Waals surface area (Å²) in [6.07, 6.45) is 0. The zero-order valence-corrected chi connectivity index (χ0v) is 22.9. The summed E-state index contributed by atoms with van der Waals surface area (Å²) in [5.74, 6) is 2.05. The first-order valence-corrected chi connectivity index (χ1v) is 13.6. The average molecular weight is 503 g/mol. The Balaban J connectivity index is 1.61. The van der Waals surface area contributed by atoms with Crippen LogP contribution in [0.1, 0.15) is 52.7 Å². The molecule has 0 aliphatic heterocycles. The highest BCUT2D eigenvalue weighted by atomic mass is 32.2. The second-order valence-electron chi connectivity index (χ2n) is 11.2. The highest BCUT2D eigenvalue weighted by molar-refractivity contribution is 7.91. The number of aryl methyl sites for hydroxylation is 1. The molecule has 0 aliphatic rings. The van der Waals surface area contributed by atoms with Gasteiger partial charge in [-0.25, -0.2) is 8.42 Å². The molecule has 4 nitrogen and oxygen atoms in total. The zero-order valence-electron chi connectivity index (χ0n) is 22.0. The van der Waals surface area contributed by atoms with Crippen LogP contribution in [0.25, 0.3) is 10.8 Å². The SMILES string of the molecule is Cc1cc2cccc(Oc3ccc(S(=O)(=O)c4ccc(C(C)(C)C)cc4)cc3)c2cc1OC(C)(C)C. The number of hydrogen-bond donors (Lipinski definition) is 0. The summed E-state index contributed by atoms with van der Waals surface area (Å²) in [7, 11) is -3.63. The maximum Gasteiger partial charge on any atom is 0.206 e. The number of rotatable bonds is 5. The molecule has 0 aliphatic carbocycles. The Morgan fingerprint density at radius 2 is 1.28 bits per heavy atom. The molecule has 0 aromatic heterocycles. The smallest absolute Gasteiger partial charge is 0.206 e. The maximum absolute atomic E-state index is 13.2. The van der Waals surface area contributed by atoms with Gasteiger partial charge < -0.3 is 9.47 Å². The number of sulfone groups is 1. The highest BCUT2D eigenvalue weighted by Gasteiger charge is 2.20. The van der Waals surface area contributed by atoms with Crippen molar-refractivity contribution < 1.29 is 17.9 Å². The van der Waals surface area contributed by atoms with Gasteiger partial charge in [0.2, 0.25) is 9.84 Å². The molecule has 5 heteroatoms. The lowest BCUT2D eigenvalue weighted by Crippen LogP contribution is -2.23. The van der Waals surface area contributed by atoms with Crippen molar-refractivity contribution in [2.75, 3.05) is 0 Å². The van der Waals surface area contributed by atoms with Crippen molar-refractivity contribution in [2.45, 2.75) is 69.3 Å². The lowest BCUT2D eigenvalue weighted by molar-refractivity contribution is 0.130. The van der Waals surface area contributed by atoms with E-state index in [9.17, 15) is 8.42 Å². The van der Waals surface area contributed by atoms with Gasteiger partial charge in [-0.05, 0) is 104 Å². The minimum absolute atomic E-state index is 0.0405. The van der Waals surface area contributed by atoms with Gasteiger partial charge in [0.15, 0.2) is 0 Å². The lowest BCUT2D eigenvalue weighted by atomic mass is 9.87. The van der Waals surface area contributed by atoms with E-state index in [-0.39, 0.29) is 20.8 Å². The Hall–Kier alpha value is -3.31. The molecular weight excluding hydrogens is 468 g/mol. The largest absolute Gasteiger partial charge is 0.488 e.